The molecule has 148 valence electrons. The molecule has 6 nitrogen and oxygen atoms in total. The van der Waals surface area contributed by atoms with Crippen LogP contribution in [0, 0.1) is 27.7 Å². The topological polar surface area (TPSA) is 101 Å². The predicted octanol–water partition coefficient (Wildman–Crippen LogP) is 3.23. The summed E-state index contributed by atoms with van der Waals surface area (Å²) in [4.78, 5) is 12.4. The Hall–Kier alpha value is -2.09. The van der Waals surface area contributed by atoms with E-state index in [1.165, 1.54) is 0 Å². The number of carbonyl (C=O) groups excluding carboxylic acids is 1. The highest BCUT2D eigenvalue weighted by Crippen LogP contribution is 2.21. The van der Waals surface area contributed by atoms with Crippen LogP contribution < -0.4 is 15.8 Å². The third-order valence-electron chi connectivity index (χ3n) is 4.05. The molecule has 2 rings (SSSR count). The lowest BCUT2D eigenvalue weighted by Crippen LogP contribution is -2.29. The molecule has 2 aromatic carbocycles. The van der Waals surface area contributed by atoms with Gasteiger partial charge in [-0.25, -0.2) is 13.1 Å². The number of anilines is 2. The zero-order valence-electron chi connectivity index (χ0n) is 15.9. The van der Waals surface area contributed by atoms with E-state index in [0.29, 0.717) is 22.5 Å². The molecule has 0 aliphatic carbocycles. The number of benzene rings is 2. The molecule has 0 atom stereocenters. The molecule has 4 N–H and O–H groups in total. The monoisotopic (exact) mass is 411 g/mol. The standard InChI is InChI=1S/C19H25N3O3S.ClH/c1-12-9-14(3)19(15(4)10-12)26(24,25)21-8-7-18(23)22-17-11-16(20)6-5-13(17)2;/h5-6,9-11,21H,7-8,20H2,1-4H3,(H,22,23);1H. The van der Waals surface area contributed by atoms with Gasteiger partial charge >= 0.3 is 0 Å². The van der Waals surface area contributed by atoms with E-state index in [9.17, 15) is 13.2 Å². The molecule has 2 aromatic rings. The molecule has 0 aromatic heterocycles. The summed E-state index contributed by atoms with van der Waals surface area (Å²) in [7, 11) is -3.67. The Kier molecular flexibility index (Phi) is 7.83. The number of amides is 1. The fourth-order valence-corrected chi connectivity index (χ4v) is 4.43. The van der Waals surface area contributed by atoms with Gasteiger partial charge in [-0.3, -0.25) is 4.79 Å². The highest BCUT2D eigenvalue weighted by Gasteiger charge is 2.19. The van der Waals surface area contributed by atoms with Crippen molar-refractivity contribution in [3.8, 4) is 0 Å². The molecule has 0 aliphatic heterocycles. The lowest BCUT2D eigenvalue weighted by atomic mass is 10.1. The van der Waals surface area contributed by atoms with Gasteiger partial charge in [0.25, 0.3) is 0 Å². The molecule has 0 unspecified atom stereocenters. The van der Waals surface area contributed by atoms with Crippen LogP contribution in [0.2, 0.25) is 0 Å². The van der Waals surface area contributed by atoms with E-state index in [2.05, 4.69) is 10.0 Å². The number of nitrogen functional groups attached to an aromatic ring is 1. The average molecular weight is 412 g/mol. The summed E-state index contributed by atoms with van der Waals surface area (Å²) in [6.45, 7) is 7.34. The van der Waals surface area contributed by atoms with Gasteiger partial charge in [0.2, 0.25) is 15.9 Å². The van der Waals surface area contributed by atoms with Gasteiger partial charge in [0.15, 0.2) is 0 Å². The van der Waals surface area contributed by atoms with E-state index >= 15 is 0 Å². The fourth-order valence-electron chi connectivity index (χ4n) is 2.95. The predicted molar refractivity (Wildman–Crippen MR) is 112 cm³/mol. The van der Waals surface area contributed by atoms with Crippen LogP contribution in [0.15, 0.2) is 35.2 Å². The normalized spacial score (nSPS) is 11.0. The lowest BCUT2D eigenvalue weighted by molar-refractivity contribution is -0.116. The summed E-state index contributed by atoms with van der Waals surface area (Å²) in [6, 6.07) is 8.91. The summed E-state index contributed by atoms with van der Waals surface area (Å²) in [5.74, 6) is -0.279. The SMILES string of the molecule is Cc1cc(C)c(S(=O)(=O)NCCC(=O)Nc2cc(N)ccc2C)c(C)c1.Cl. The van der Waals surface area contributed by atoms with Crippen molar-refractivity contribution in [2.24, 2.45) is 0 Å². The van der Waals surface area contributed by atoms with Gasteiger partial charge in [0.05, 0.1) is 4.90 Å². The quantitative estimate of drug-likeness (QED) is 0.635. The first-order chi connectivity index (χ1) is 12.1. The molecule has 0 saturated carbocycles. The molecule has 0 aliphatic rings. The van der Waals surface area contributed by atoms with Crippen LogP contribution in [-0.2, 0) is 14.8 Å². The van der Waals surface area contributed by atoms with Crippen molar-refractivity contribution in [3.63, 3.8) is 0 Å². The minimum Gasteiger partial charge on any atom is -0.399 e. The summed E-state index contributed by atoms with van der Waals surface area (Å²) < 4.78 is 27.6. The number of nitrogens with two attached hydrogens (primary N) is 1. The molecule has 1 amide bonds. The number of hydrogen-bond donors (Lipinski definition) is 3. The molecule has 0 radical (unpaired) electrons. The molecule has 0 fully saturated rings. The Morgan fingerprint density at radius 1 is 1.00 bits per heavy atom. The van der Waals surface area contributed by atoms with Crippen molar-refractivity contribution in [2.75, 3.05) is 17.6 Å². The number of aryl methyl sites for hydroxylation is 4. The zero-order valence-corrected chi connectivity index (χ0v) is 17.6. The first-order valence-corrected chi connectivity index (χ1v) is 9.82. The molecule has 0 saturated heterocycles. The number of hydrogen-bond acceptors (Lipinski definition) is 4. The average Bonchev–Trinajstić information content (AvgIpc) is 2.49. The minimum atomic E-state index is -3.67. The van der Waals surface area contributed by atoms with Gasteiger partial charge in [-0.2, -0.15) is 0 Å². The number of nitrogens with one attached hydrogen (secondary N) is 2. The molecular weight excluding hydrogens is 386 g/mol. The Bertz CT molecular complexity index is 920. The van der Waals surface area contributed by atoms with Crippen molar-refractivity contribution in [1.82, 2.24) is 4.72 Å². The largest absolute Gasteiger partial charge is 0.399 e. The van der Waals surface area contributed by atoms with E-state index in [-0.39, 0.29) is 36.2 Å². The second kappa shape index (κ2) is 9.21. The van der Waals surface area contributed by atoms with Gasteiger partial charge < -0.3 is 11.1 Å². The smallest absolute Gasteiger partial charge is 0.241 e. The summed E-state index contributed by atoms with van der Waals surface area (Å²) in [5.41, 5.74) is 10.2. The first kappa shape index (κ1) is 23.0. The van der Waals surface area contributed by atoms with E-state index < -0.39 is 10.0 Å². The summed E-state index contributed by atoms with van der Waals surface area (Å²) in [6.07, 6.45) is 0.0252. The van der Waals surface area contributed by atoms with E-state index in [1.807, 2.05) is 32.0 Å². The number of halogens is 1. The number of carbonyl (C=O) groups is 1. The van der Waals surface area contributed by atoms with Crippen LogP contribution in [0.5, 0.6) is 0 Å². The maximum absolute atomic E-state index is 12.6. The summed E-state index contributed by atoms with van der Waals surface area (Å²) in [5, 5.41) is 2.75. The van der Waals surface area contributed by atoms with E-state index in [0.717, 1.165) is 11.1 Å². The molecule has 0 heterocycles. The van der Waals surface area contributed by atoms with Gasteiger partial charge in [0, 0.05) is 24.3 Å². The Morgan fingerprint density at radius 2 is 1.59 bits per heavy atom. The second-order valence-electron chi connectivity index (χ2n) is 6.50. The molecule has 0 spiro atoms. The first-order valence-electron chi connectivity index (χ1n) is 8.33. The highest BCUT2D eigenvalue weighted by atomic mass is 35.5. The molecule has 0 bridgehead atoms. The Morgan fingerprint density at radius 3 is 2.19 bits per heavy atom. The Balaban J connectivity index is 0.00000364. The van der Waals surface area contributed by atoms with Crippen LogP contribution >= 0.6 is 12.4 Å². The van der Waals surface area contributed by atoms with Gasteiger partial charge in [-0.15, -0.1) is 12.4 Å². The van der Waals surface area contributed by atoms with Crippen LogP contribution in [0.1, 0.15) is 28.7 Å². The number of rotatable bonds is 6. The maximum Gasteiger partial charge on any atom is 0.241 e. The van der Waals surface area contributed by atoms with Gasteiger partial charge in [0.1, 0.15) is 0 Å². The minimum absolute atomic E-state index is 0. The molecular formula is C19H26ClN3O3S. The van der Waals surface area contributed by atoms with Crippen molar-refractivity contribution in [1.29, 1.82) is 0 Å². The van der Waals surface area contributed by atoms with E-state index in [1.54, 1.807) is 26.0 Å². The zero-order chi connectivity index (χ0) is 19.5. The van der Waals surface area contributed by atoms with Crippen molar-refractivity contribution in [2.45, 2.75) is 39.0 Å². The van der Waals surface area contributed by atoms with Gasteiger partial charge in [-0.1, -0.05) is 23.8 Å². The third kappa shape index (κ3) is 5.95. The lowest BCUT2D eigenvalue weighted by Gasteiger charge is -2.13. The maximum atomic E-state index is 12.6. The highest BCUT2D eigenvalue weighted by molar-refractivity contribution is 7.89. The second-order valence-corrected chi connectivity index (χ2v) is 8.20. The van der Waals surface area contributed by atoms with Crippen LogP contribution in [0.4, 0.5) is 11.4 Å². The fraction of sp³-hybridized carbons (Fsp3) is 0.316. The Labute approximate surface area is 167 Å². The molecule has 27 heavy (non-hydrogen) atoms. The van der Waals surface area contributed by atoms with E-state index in [4.69, 9.17) is 5.73 Å². The van der Waals surface area contributed by atoms with Crippen LogP contribution in [0.3, 0.4) is 0 Å². The summed E-state index contributed by atoms with van der Waals surface area (Å²) >= 11 is 0. The van der Waals surface area contributed by atoms with Crippen LogP contribution in [0.25, 0.3) is 0 Å². The molecule has 8 heteroatoms. The number of sulfonamides is 1. The van der Waals surface area contributed by atoms with Crippen molar-refractivity contribution < 1.29 is 13.2 Å². The van der Waals surface area contributed by atoms with Crippen molar-refractivity contribution in [3.05, 3.63) is 52.6 Å². The van der Waals surface area contributed by atoms with Gasteiger partial charge in [-0.05, 0) is 56.5 Å². The van der Waals surface area contributed by atoms with Crippen molar-refractivity contribution >= 4 is 39.7 Å². The van der Waals surface area contributed by atoms with Crippen LogP contribution in [-0.4, -0.2) is 20.9 Å². The third-order valence-corrected chi connectivity index (χ3v) is 5.82.